The Morgan fingerprint density at radius 1 is 1.38 bits per heavy atom. The number of halogens is 1. The van der Waals surface area contributed by atoms with Crippen molar-refractivity contribution in [3.63, 3.8) is 0 Å². The smallest absolute Gasteiger partial charge is 0.225 e. The van der Waals surface area contributed by atoms with Gasteiger partial charge in [0.15, 0.2) is 11.0 Å². The minimum Gasteiger partial charge on any atom is -0.354 e. The highest BCUT2D eigenvalue weighted by atomic mass is 35.5. The fourth-order valence-corrected chi connectivity index (χ4v) is 3.02. The lowest BCUT2D eigenvalue weighted by atomic mass is 9.96. The fourth-order valence-electron chi connectivity index (χ4n) is 2.92. The predicted octanol–water partition coefficient (Wildman–Crippen LogP) is 2.62. The van der Waals surface area contributed by atoms with Gasteiger partial charge in [-0.25, -0.2) is 0 Å². The van der Waals surface area contributed by atoms with E-state index in [1.54, 1.807) is 18.5 Å². The zero-order valence-electron chi connectivity index (χ0n) is 13.5. The lowest BCUT2D eigenvalue weighted by Gasteiger charge is -2.33. The molecule has 0 radical (unpaired) electrons. The van der Waals surface area contributed by atoms with Gasteiger partial charge in [0.1, 0.15) is 0 Å². The molecule has 3 rings (SSSR count). The van der Waals surface area contributed by atoms with Gasteiger partial charge in [-0.15, -0.1) is 10.2 Å². The zero-order valence-corrected chi connectivity index (χ0v) is 14.3. The van der Waals surface area contributed by atoms with E-state index >= 15 is 0 Å². The molecule has 0 aliphatic carbocycles. The predicted molar refractivity (Wildman–Crippen MR) is 92.8 cm³/mol. The summed E-state index contributed by atoms with van der Waals surface area (Å²) in [6.07, 6.45) is 5.33. The molecule has 1 amide bonds. The molecule has 2 aromatic heterocycles. The molecule has 2 atom stereocenters. The molecule has 6 nitrogen and oxygen atoms in total. The SMILES string of the molecule is C[C@H](NC(=O)[C@H]1CCCN(c2ccc(Cl)nn2)C1)c1cccnc1. The largest absolute Gasteiger partial charge is 0.354 e. The van der Waals surface area contributed by atoms with Crippen molar-refractivity contribution in [3.8, 4) is 0 Å². The molecule has 0 unspecified atom stereocenters. The topological polar surface area (TPSA) is 71.0 Å². The van der Waals surface area contributed by atoms with Crippen LogP contribution in [0, 0.1) is 5.92 Å². The molecule has 0 saturated carbocycles. The maximum atomic E-state index is 12.6. The van der Waals surface area contributed by atoms with Crippen LogP contribution in [-0.4, -0.2) is 34.2 Å². The average molecular weight is 346 g/mol. The zero-order chi connectivity index (χ0) is 16.9. The van der Waals surface area contributed by atoms with E-state index in [0.29, 0.717) is 11.7 Å². The van der Waals surface area contributed by atoms with Gasteiger partial charge in [0.05, 0.1) is 12.0 Å². The van der Waals surface area contributed by atoms with E-state index in [1.807, 2.05) is 25.1 Å². The molecular weight excluding hydrogens is 326 g/mol. The maximum Gasteiger partial charge on any atom is 0.225 e. The Bertz CT molecular complexity index is 679. The summed E-state index contributed by atoms with van der Waals surface area (Å²) in [6.45, 7) is 3.49. The van der Waals surface area contributed by atoms with E-state index in [2.05, 4.69) is 25.4 Å². The minimum atomic E-state index is -0.0599. The lowest BCUT2D eigenvalue weighted by Crippen LogP contribution is -2.44. The van der Waals surface area contributed by atoms with Gasteiger partial charge in [0, 0.05) is 25.5 Å². The van der Waals surface area contributed by atoms with Crippen LogP contribution in [0.4, 0.5) is 5.82 Å². The number of nitrogens with one attached hydrogen (secondary N) is 1. The Kier molecular flexibility index (Phi) is 5.25. The summed E-state index contributed by atoms with van der Waals surface area (Å²) in [7, 11) is 0. The Morgan fingerprint density at radius 3 is 2.96 bits per heavy atom. The van der Waals surface area contributed by atoms with Crippen molar-refractivity contribution >= 4 is 23.3 Å². The quantitative estimate of drug-likeness (QED) is 0.922. The summed E-state index contributed by atoms with van der Waals surface area (Å²) in [5.41, 5.74) is 1.00. The van der Waals surface area contributed by atoms with Crippen LogP contribution in [0.5, 0.6) is 0 Å². The van der Waals surface area contributed by atoms with E-state index in [4.69, 9.17) is 11.6 Å². The highest BCUT2D eigenvalue weighted by Crippen LogP contribution is 2.23. The van der Waals surface area contributed by atoms with Crippen LogP contribution >= 0.6 is 11.6 Å². The van der Waals surface area contributed by atoms with Crippen LogP contribution in [-0.2, 0) is 4.79 Å². The van der Waals surface area contributed by atoms with Crippen LogP contribution in [0.25, 0.3) is 0 Å². The second-order valence-corrected chi connectivity index (χ2v) is 6.40. The van der Waals surface area contributed by atoms with Crippen molar-refractivity contribution in [1.29, 1.82) is 0 Å². The molecule has 0 aromatic carbocycles. The molecule has 1 aliphatic heterocycles. The molecule has 1 N–H and O–H groups in total. The third-order valence-electron chi connectivity index (χ3n) is 4.28. The normalized spacial score (nSPS) is 18.9. The monoisotopic (exact) mass is 345 g/mol. The Hall–Kier alpha value is -2.21. The third-order valence-corrected chi connectivity index (χ3v) is 4.48. The number of piperidine rings is 1. The van der Waals surface area contributed by atoms with E-state index in [0.717, 1.165) is 30.8 Å². The van der Waals surface area contributed by atoms with Gasteiger partial charge in [0.25, 0.3) is 0 Å². The van der Waals surface area contributed by atoms with Crippen LogP contribution < -0.4 is 10.2 Å². The number of rotatable bonds is 4. The van der Waals surface area contributed by atoms with Gasteiger partial charge < -0.3 is 10.2 Å². The number of pyridine rings is 1. The Morgan fingerprint density at radius 2 is 2.25 bits per heavy atom. The fraction of sp³-hybridized carbons (Fsp3) is 0.412. The van der Waals surface area contributed by atoms with Crippen LogP contribution in [0.2, 0.25) is 5.15 Å². The van der Waals surface area contributed by atoms with Crippen molar-refractivity contribution in [2.45, 2.75) is 25.8 Å². The number of carbonyl (C=O) groups is 1. The standard InChI is InChI=1S/C17H20ClN5O/c1-12(13-4-2-8-19-10-13)20-17(24)14-5-3-9-23(11-14)16-7-6-15(18)21-22-16/h2,4,6-8,10,12,14H,3,5,9,11H2,1H3,(H,20,24)/t12-,14-/m0/s1. The first-order chi connectivity index (χ1) is 11.6. The van der Waals surface area contributed by atoms with Crippen molar-refractivity contribution in [1.82, 2.24) is 20.5 Å². The highest BCUT2D eigenvalue weighted by Gasteiger charge is 2.27. The van der Waals surface area contributed by atoms with Crippen molar-refractivity contribution in [3.05, 3.63) is 47.4 Å². The molecular formula is C17H20ClN5O. The van der Waals surface area contributed by atoms with Crippen molar-refractivity contribution < 1.29 is 4.79 Å². The Labute approximate surface area is 146 Å². The first kappa shape index (κ1) is 16.6. The Balaban J connectivity index is 1.61. The number of nitrogens with zero attached hydrogens (tertiary/aromatic N) is 4. The minimum absolute atomic E-state index is 0.0584. The molecule has 2 aromatic rings. The van der Waals surface area contributed by atoms with Gasteiger partial charge in [0.2, 0.25) is 5.91 Å². The van der Waals surface area contributed by atoms with Gasteiger partial charge in [-0.1, -0.05) is 17.7 Å². The first-order valence-corrected chi connectivity index (χ1v) is 8.46. The molecule has 1 saturated heterocycles. The average Bonchev–Trinajstić information content (AvgIpc) is 2.63. The van der Waals surface area contributed by atoms with Crippen LogP contribution in [0.15, 0.2) is 36.7 Å². The van der Waals surface area contributed by atoms with Crippen LogP contribution in [0.3, 0.4) is 0 Å². The number of aromatic nitrogens is 3. The molecule has 126 valence electrons. The van der Waals surface area contributed by atoms with Gasteiger partial charge in [-0.3, -0.25) is 9.78 Å². The molecule has 24 heavy (non-hydrogen) atoms. The van der Waals surface area contributed by atoms with Gasteiger partial charge in [-0.05, 0) is 43.5 Å². The lowest BCUT2D eigenvalue weighted by molar-refractivity contribution is -0.125. The van der Waals surface area contributed by atoms with Crippen molar-refractivity contribution in [2.24, 2.45) is 5.92 Å². The molecule has 3 heterocycles. The second kappa shape index (κ2) is 7.57. The summed E-state index contributed by atoms with van der Waals surface area (Å²) < 4.78 is 0. The molecule has 1 fully saturated rings. The number of carbonyl (C=O) groups excluding carboxylic acids is 1. The molecule has 0 bridgehead atoms. The van der Waals surface area contributed by atoms with Gasteiger partial charge in [-0.2, -0.15) is 0 Å². The maximum absolute atomic E-state index is 12.6. The molecule has 1 aliphatic rings. The summed E-state index contributed by atoms with van der Waals surface area (Å²) in [6, 6.07) is 7.34. The third kappa shape index (κ3) is 4.00. The number of anilines is 1. The summed E-state index contributed by atoms with van der Waals surface area (Å²) in [4.78, 5) is 18.8. The summed E-state index contributed by atoms with van der Waals surface area (Å²) in [5.74, 6) is 0.769. The van der Waals surface area contributed by atoms with Gasteiger partial charge >= 0.3 is 0 Å². The van der Waals surface area contributed by atoms with E-state index in [9.17, 15) is 4.79 Å². The molecule has 7 heteroatoms. The van der Waals surface area contributed by atoms with E-state index in [-0.39, 0.29) is 17.9 Å². The van der Waals surface area contributed by atoms with Crippen molar-refractivity contribution in [2.75, 3.05) is 18.0 Å². The molecule has 0 spiro atoms. The van der Waals surface area contributed by atoms with E-state index in [1.165, 1.54) is 0 Å². The number of hydrogen-bond acceptors (Lipinski definition) is 5. The highest BCUT2D eigenvalue weighted by molar-refractivity contribution is 6.29. The van der Waals surface area contributed by atoms with Crippen LogP contribution in [0.1, 0.15) is 31.4 Å². The summed E-state index contributed by atoms with van der Waals surface area (Å²) in [5, 5.41) is 11.4. The summed E-state index contributed by atoms with van der Waals surface area (Å²) >= 11 is 5.78. The first-order valence-electron chi connectivity index (χ1n) is 8.08. The van der Waals surface area contributed by atoms with E-state index < -0.39 is 0 Å². The number of amides is 1. The number of hydrogen-bond donors (Lipinski definition) is 1. The second-order valence-electron chi connectivity index (χ2n) is 6.02.